The summed E-state index contributed by atoms with van der Waals surface area (Å²) in [7, 11) is 0. The van der Waals surface area contributed by atoms with Gasteiger partial charge in [0.15, 0.2) is 0 Å². The van der Waals surface area contributed by atoms with E-state index >= 15 is 0 Å². The first kappa shape index (κ1) is 15.9. The second-order valence-corrected chi connectivity index (χ2v) is 4.13. The number of rotatable bonds is 2. The van der Waals surface area contributed by atoms with E-state index in [9.17, 15) is 9.59 Å². The molecule has 19 heavy (non-hydrogen) atoms. The van der Waals surface area contributed by atoms with Crippen LogP contribution in [-0.2, 0) is 0 Å². The molecule has 2 rings (SSSR count). The Balaban J connectivity index is 0.00000180. The molecule has 0 spiro atoms. The molecule has 0 bridgehead atoms. The SMILES string of the molecule is Cc1cc(=O)c(C(=O)O)nn1-c1ccc(Cl)cc1.[NaH]. The molecule has 94 valence electrons. The Morgan fingerprint density at radius 1 is 1.32 bits per heavy atom. The second kappa shape index (κ2) is 6.34. The predicted molar refractivity (Wildman–Crippen MR) is 73.7 cm³/mol. The molecule has 1 heterocycles. The van der Waals surface area contributed by atoms with Gasteiger partial charge < -0.3 is 5.11 Å². The average molecular weight is 289 g/mol. The summed E-state index contributed by atoms with van der Waals surface area (Å²) in [4.78, 5) is 22.3. The van der Waals surface area contributed by atoms with Gasteiger partial charge in [-0.3, -0.25) is 4.79 Å². The Morgan fingerprint density at radius 2 is 1.89 bits per heavy atom. The van der Waals surface area contributed by atoms with E-state index in [1.165, 1.54) is 10.7 Å². The zero-order valence-corrected chi connectivity index (χ0v) is 10.2. The topological polar surface area (TPSA) is 72.2 Å². The van der Waals surface area contributed by atoms with Gasteiger partial charge in [-0.2, -0.15) is 5.10 Å². The molecule has 0 aliphatic rings. The molecule has 1 N–H and O–H groups in total. The van der Waals surface area contributed by atoms with Crippen LogP contribution in [0.25, 0.3) is 5.69 Å². The van der Waals surface area contributed by atoms with Crippen molar-refractivity contribution < 1.29 is 9.90 Å². The Morgan fingerprint density at radius 3 is 2.42 bits per heavy atom. The molecule has 1 aromatic carbocycles. The molecular formula is C12H10ClN2NaO3. The van der Waals surface area contributed by atoms with Crippen LogP contribution >= 0.6 is 11.6 Å². The number of hydrogen-bond acceptors (Lipinski definition) is 3. The van der Waals surface area contributed by atoms with E-state index in [0.717, 1.165) is 0 Å². The van der Waals surface area contributed by atoms with Crippen molar-refractivity contribution in [1.82, 2.24) is 9.78 Å². The average Bonchev–Trinajstić information content (AvgIpc) is 2.30. The molecule has 0 atom stereocenters. The maximum atomic E-state index is 11.4. The maximum absolute atomic E-state index is 11.4. The van der Waals surface area contributed by atoms with Crippen molar-refractivity contribution in [3.8, 4) is 5.69 Å². The van der Waals surface area contributed by atoms with E-state index in [0.29, 0.717) is 16.4 Å². The van der Waals surface area contributed by atoms with Crippen molar-refractivity contribution in [2.75, 3.05) is 0 Å². The number of aromatic carboxylic acids is 1. The summed E-state index contributed by atoms with van der Waals surface area (Å²) < 4.78 is 1.39. The summed E-state index contributed by atoms with van der Waals surface area (Å²) in [6.45, 7) is 1.68. The first-order valence-corrected chi connectivity index (χ1v) is 5.47. The van der Waals surface area contributed by atoms with Crippen LogP contribution in [-0.4, -0.2) is 50.4 Å². The van der Waals surface area contributed by atoms with Gasteiger partial charge in [-0.15, -0.1) is 0 Å². The van der Waals surface area contributed by atoms with Crippen LogP contribution in [0.5, 0.6) is 0 Å². The second-order valence-electron chi connectivity index (χ2n) is 3.69. The molecule has 2 aromatic rings. The van der Waals surface area contributed by atoms with Gasteiger partial charge >= 0.3 is 35.5 Å². The normalized spacial score (nSPS) is 9.79. The molecule has 0 saturated heterocycles. The third-order valence-corrected chi connectivity index (χ3v) is 2.63. The molecule has 0 fully saturated rings. The van der Waals surface area contributed by atoms with E-state index in [1.807, 2.05) is 0 Å². The van der Waals surface area contributed by atoms with Crippen molar-refractivity contribution in [3.63, 3.8) is 0 Å². The minimum absolute atomic E-state index is 0. The van der Waals surface area contributed by atoms with Gasteiger partial charge in [-0.1, -0.05) is 11.6 Å². The Labute approximate surface area is 136 Å². The van der Waals surface area contributed by atoms with Crippen molar-refractivity contribution in [2.24, 2.45) is 0 Å². The van der Waals surface area contributed by atoms with Crippen molar-refractivity contribution in [2.45, 2.75) is 6.92 Å². The van der Waals surface area contributed by atoms with E-state index in [1.54, 1.807) is 31.2 Å². The number of halogens is 1. The first-order chi connectivity index (χ1) is 8.49. The molecule has 5 nitrogen and oxygen atoms in total. The molecule has 7 heteroatoms. The van der Waals surface area contributed by atoms with Gasteiger partial charge in [-0.25, -0.2) is 9.48 Å². The third-order valence-electron chi connectivity index (χ3n) is 2.38. The number of benzene rings is 1. The fourth-order valence-electron chi connectivity index (χ4n) is 1.54. The zero-order chi connectivity index (χ0) is 13.3. The van der Waals surface area contributed by atoms with E-state index in [2.05, 4.69) is 5.10 Å². The molecule has 0 unspecified atom stereocenters. The molecule has 0 aliphatic carbocycles. The van der Waals surface area contributed by atoms with Gasteiger partial charge in [0.1, 0.15) is 0 Å². The summed E-state index contributed by atoms with van der Waals surface area (Å²) in [5, 5.41) is 13.3. The predicted octanol–water partition coefficient (Wildman–Crippen LogP) is 1.24. The fraction of sp³-hybridized carbons (Fsp3) is 0.0833. The van der Waals surface area contributed by atoms with Crippen LogP contribution in [0.3, 0.4) is 0 Å². The Hall–Kier alpha value is -1.14. The van der Waals surface area contributed by atoms with Gasteiger partial charge in [0.05, 0.1) is 5.69 Å². The minimum atomic E-state index is -1.34. The summed E-state index contributed by atoms with van der Waals surface area (Å²) in [5.41, 5.74) is 0.0764. The number of aromatic nitrogens is 2. The van der Waals surface area contributed by atoms with E-state index < -0.39 is 17.1 Å². The summed E-state index contributed by atoms with van der Waals surface area (Å²) in [6.07, 6.45) is 0. The van der Waals surface area contributed by atoms with Crippen molar-refractivity contribution in [3.05, 3.63) is 57.0 Å². The summed E-state index contributed by atoms with van der Waals surface area (Å²) in [6, 6.07) is 7.95. The van der Waals surface area contributed by atoms with Crippen LogP contribution in [0, 0.1) is 6.92 Å². The molecule has 0 amide bonds. The standard InChI is InChI=1S/C12H9ClN2O3.Na.H/c1-7-6-10(16)11(12(17)18)14-15(7)9-4-2-8(13)3-5-9;;/h2-6H,1H3,(H,17,18);;. The molecule has 0 saturated carbocycles. The molecular weight excluding hydrogens is 279 g/mol. The third kappa shape index (κ3) is 3.45. The van der Waals surface area contributed by atoms with Crippen LogP contribution in [0.1, 0.15) is 16.2 Å². The molecule has 1 aromatic heterocycles. The number of aryl methyl sites for hydroxylation is 1. The monoisotopic (exact) mass is 288 g/mol. The summed E-state index contributed by atoms with van der Waals surface area (Å²) in [5.74, 6) is -1.34. The van der Waals surface area contributed by atoms with Gasteiger partial charge in [0.25, 0.3) is 0 Å². The quantitative estimate of drug-likeness (QED) is 0.844. The number of carboxylic acid groups (broad SMARTS) is 1. The van der Waals surface area contributed by atoms with Gasteiger partial charge in [-0.05, 0) is 31.2 Å². The van der Waals surface area contributed by atoms with Gasteiger partial charge in [0.2, 0.25) is 11.1 Å². The van der Waals surface area contributed by atoms with Crippen molar-refractivity contribution >= 4 is 47.1 Å². The zero-order valence-electron chi connectivity index (χ0n) is 9.42. The Kier molecular flexibility index (Phi) is 5.31. The Bertz CT molecular complexity index is 668. The van der Waals surface area contributed by atoms with Gasteiger partial charge in [0, 0.05) is 16.8 Å². The summed E-state index contributed by atoms with van der Waals surface area (Å²) >= 11 is 5.77. The first-order valence-electron chi connectivity index (χ1n) is 5.09. The van der Waals surface area contributed by atoms with Crippen LogP contribution in [0.15, 0.2) is 35.1 Å². The fourth-order valence-corrected chi connectivity index (χ4v) is 1.67. The number of hydrogen-bond donors (Lipinski definition) is 1. The van der Waals surface area contributed by atoms with Crippen LogP contribution in [0.4, 0.5) is 0 Å². The van der Waals surface area contributed by atoms with E-state index in [4.69, 9.17) is 16.7 Å². The van der Waals surface area contributed by atoms with Crippen LogP contribution < -0.4 is 5.43 Å². The number of nitrogens with zero attached hydrogens (tertiary/aromatic N) is 2. The molecule has 0 radical (unpaired) electrons. The van der Waals surface area contributed by atoms with Crippen molar-refractivity contribution in [1.29, 1.82) is 0 Å². The number of carbonyl (C=O) groups is 1. The van der Waals surface area contributed by atoms with Crippen LogP contribution in [0.2, 0.25) is 5.02 Å². The van der Waals surface area contributed by atoms with E-state index in [-0.39, 0.29) is 29.6 Å². The molecule has 0 aliphatic heterocycles. The number of carboxylic acids is 1.